The summed E-state index contributed by atoms with van der Waals surface area (Å²) in [6.07, 6.45) is -0.883. The van der Waals surface area contributed by atoms with Crippen LogP contribution < -0.4 is 4.74 Å². The van der Waals surface area contributed by atoms with E-state index in [4.69, 9.17) is 9.84 Å². The molecule has 1 aliphatic rings. The normalized spacial score (nSPS) is 16.3. The van der Waals surface area contributed by atoms with Crippen molar-refractivity contribution in [3.63, 3.8) is 0 Å². The van der Waals surface area contributed by atoms with Crippen molar-refractivity contribution in [2.24, 2.45) is 7.05 Å². The van der Waals surface area contributed by atoms with Crippen LogP contribution in [0.1, 0.15) is 0 Å². The number of likely N-dealkylation sites (tertiary alicyclic amines) is 1. The van der Waals surface area contributed by atoms with Crippen molar-refractivity contribution in [2.75, 3.05) is 13.1 Å². The molecule has 1 N–H and O–H groups in total. The molecule has 1 fully saturated rings. The lowest BCUT2D eigenvalue weighted by molar-refractivity contribution is 0.0118. The third-order valence-corrected chi connectivity index (χ3v) is 2.51. The number of carbonyl (C=O) groups is 1. The summed E-state index contributed by atoms with van der Waals surface area (Å²) in [5, 5.41) is 13.0. The van der Waals surface area contributed by atoms with E-state index in [2.05, 4.69) is 21.0 Å². The quantitative estimate of drug-likeness (QED) is 0.804. The zero-order chi connectivity index (χ0) is 11.0. The molecule has 0 saturated carbocycles. The van der Waals surface area contributed by atoms with E-state index in [1.165, 1.54) is 9.58 Å². The fourth-order valence-electron chi connectivity index (χ4n) is 1.27. The molecule has 0 bridgehead atoms. The Balaban J connectivity index is 1.97. The third kappa shape index (κ3) is 2.13. The van der Waals surface area contributed by atoms with Gasteiger partial charge >= 0.3 is 6.09 Å². The predicted molar refractivity (Wildman–Crippen MR) is 54.5 cm³/mol. The number of nitrogens with zero attached hydrogens (tertiary/aromatic N) is 3. The third-order valence-electron chi connectivity index (χ3n) is 2.12. The van der Waals surface area contributed by atoms with Gasteiger partial charge in [-0.25, -0.2) is 9.48 Å². The Morgan fingerprint density at radius 1 is 1.73 bits per heavy atom. The minimum atomic E-state index is -0.462. The maximum atomic E-state index is 11.4. The van der Waals surface area contributed by atoms with Crippen molar-refractivity contribution in [1.29, 1.82) is 0 Å². The molecule has 0 spiro atoms. The highest BCUT2D eigenvalue weighted by Crippen LogP contribution is 2.18. The number of aliphatic hydroxyl groups excluding tert-OH is 1. The summed E-state index contributed by atoms with van der Waals surface area (Å²) in [6, 6.07) is 1.61. The van der Waals surface area contributed by atoms with Gasteiger partial charge in [0, 0.05) is 13.1 Å². The van der Waals surface area contributed by atoms with Gasteiger partial charge in [-0.15, -0.1) is 0 Å². The van der Waals surface area contributed by atoms with Crippen LogP contribution in [0.5, 0.6) is 5.88 Å². The van der Waals surface area contributed by atoms with Crippen LogP contribution in [0, 0.1) is 0 Å². The van der Waals surface area contributed by atoms with E-state index < -0.39 is 12.2 Å². The van der Waals surface area contributed by atoms with Crippen molar-refractivity contribution < 1.29 is 14.6 Å². The van der Waals surface area contributed by atoms with Crippen molar-refractivity contribution in [1.82, 2.24) is 14.7 Å². The van der Waals surface area contributed by atoms with E-state index >= 15 is 0 Å². The zero-order valence-electron chi connectivity index (χ0n) is 8.05. The zero-order valence-corrected chi connectivity index (χ0v) is 9.64. The summed E-state index contributed by atoms with van der Waals surface area (Å²) < 4.78 is 7.13. The number of aryl methyl sites for hydroxylation is 1. The molecule has 15 heavy (non-hydrogen) atoms. The van der Waals surface area contributed by atoms with E-state index in [1.54, 1.807) is 13.1 Å². The van der Waals surface area contributed by atoms with Crippen molar-refractivity contribution >= 4 is 22.0 Å². The Kier molecular flexibility index (Phi) is 2.66. The summed E-state index contributed by atoms with van der Waals surface area (Å²) >= 11 is 3.17. The molecule has 0 unspecified atom stereocenters. The van der Waals surface area contributed by atoms with Crippen LogP contribution >= 0.6 is 15.9 Å². The number of rotatable bonds is 1. The van der Waals surface area contributed by atoms with Gasteiger partial charge in [-0.1, -0.05) is 0 Å². The number of aromatic nitrogens is 2. The standard InChI is InChI=1S/C8H10BrN3O3/c1-11-7(2-6(9)10-11)15-8(14)12-3-5(13)4-12/h2,5,13H,3-4H2,1H3. The maximum Gasteiger partial charge on any atom is 0.416 e. The molecule has 82 valence electrons. The van der Waals surface area contributed by atoms with Crippen LogP contribution in [0.3, 0.4) is 0 Å². The first-order valence-electron chi connectivity index (χ1n) is 4.40. The number of carbonyl (C=O) groups excluding carboxylic acids is 1. The first-order valence-corrected chi connectivity index (χ1v) is 5.20. The first-order chi connectivity index (χ1) is 7.06. The van der Waals surface area contributed by atoms with Gasteiger partial charge in [-0.3, -0.25) is 0 Å². The van der Waals surface area contributed by atoms with Gasteiger partial charge in [-0.05, 0) is 15.9 Å². The fourth-order valence-corrected chi connectivity index (χ4v) is 1.70. The monoisotopic (exact) mass is 275 g/mol. The van der Waals surface area contributed by atoms with Crippen LogP contribution in [0.15, 0.2) is 10.7 Å². The van der Waals surface area contributed by atoms with Gasteiger partial charge in [0.25, 0.3) is 0 Å². The second kappa shape index (κ2) is 3.82. The number of ether oxygens (including phenoxy) is 1. The van der Waals surface area contributed by atoms with Gasteiger partial charge < -0.3 is 14.7 Å². The molecule has 0 aromatic carbocycles. The molecule has 1 aromatic heterocycles. The second-order valence-corrected chi connectivity index (χ2v) is 4.17. The minimum absolute atomic E-state index is 0.331. The van der Waals surface area contributed by atoms with Gasteiger partial charge in [0.05, 0.1) is 19.2 Å². The SMILES string of the molecule is Cn1nc(Br)cc1OC(=O)N1CC(O)C1. The van der Waals surface area contributed by atoms with Gasteiger partial charge in [-0.2, -0.15) is 5.10 Å². The molecule has 0 atom stereocenters. The van der Waals surface area contributed by atoms with E-state index in [9.17, 15) is 4.79 Å². The Morgan fingerprint density at radius 2 is 2.40 bits per heavy atom. The van der Waals surface area contributed by atoms with Crippen LogP contribution in [0.2, 0.25) is 0 Å². The van der Waals surface area contributed by atoms with Crippen molar-refractivity contribution in [2.45, 2.75) is 6.10 Å². The number of amides is 1. The Morgan fingerprint density at radius 3 is 2.87 bits per heavy atom. The van der Waals surface area contributed by atoms with E-state index in [1.807, 2.05) is 0 Å². The molecule has 1 saturated heterocycles. The molecule has 0 aliphatic carbocycles. The van der Waals surface area contributed by atoms with E-state index in [0.29, 0.717) is 23.6 Å². The average molecular weight is 276 g/mol. The lowest BCUT2D eigenvalue weighted by Crippen LogP contribution is -2.54. The van der Waals surface area contributed by atoms with Crippen LogP contribution in [-0.2, 0) is 7.05 Å². The summed E-state index contributed by atoms with van der Waals surface area (Å²) in [5.74, 6) is 0.369. The molecule has 2 rings (SSSR count). The average Bonchev–Trinajstić information content (AvgIpc) is 2.40. The number of β-amino-alcohol motifs (C(OH)–C–C–N with tert-alkyl or cyclic N) is 1. The van der Waals surface area contributed by atoms with Crippen LogP contribution in [0.25, 0.3) is 0 Å². The topological polar surface area (TPSA) is 67.6 Å². The summed E-state index contributed by atoms with van der Waals surface area (Å²) in [4.78, 5) is 12.9. The lowest BCUT2D eigenvalue weighted by atomic mass is 10.2. The lowest BCUT2D eigenvalue weighted by Gasteiger charge is -2.34. The number of halogens is 1. The molecule has 1 aromatic rings. The second-order valence-electron chi connectivity index (χ2n) is 3.36. The van der Waals surface area contributed by atoms with Gasteiger partial charge in [0.1, 0.15) is 4.60 Å². The van der Waals surface area contributed by atoms with E-state index in [-0.39, 0.29) is 0 Å². The molecule has 7 heteroatoms. The van der Waals surface area contributed by atoms with Gasteiger partial charge in [0.15, 0.2) is 0 Å². The Labute approximate surface area is 94.6 Å². The molecular weight excluding hydrogens is 266 g/mol. The van der Waals surface area contributed by atoms with E-state index in [0.717, 1.165) is 0 Å². The molecule has 0 radical (unpaired) electrons. The summed E-state index contributed by atoms with van der Waals surface area (Å²) in [5.41, 5.74) is 0. The highest BCUT2D eigenvalue weighted by molar-refractivity contribution is 9.10. The smallest absolute Gasteiger partial charge is 0.391 e. The molecule has 6 nitrogen and oxygen atoms in total. The Hall–Kier alpha value is -1.08. The first kappa shape index (κ1) is 10.4. The highest BCUT2D eigenvalue weighted by Gasteiger charge is 2.30. The number of hydrogen-bond donors (Lipinski definition) is 1. The highest BCUT2D eigenvalue weighted by atomic mass is 79.9. The fraction of sp³-hybridized carbons (Fsp3) is 0.500. The number of hydrogen-bond acceptors (Lipinski definition) is 4. The summed E-state index contributed by atoms with van der Waals surface area (Å²) in [6.45, 7) is 0.662. The minimum Gasteiger partial charge on any atom is -0.391 e. The van der Waals surface area contributed by atoms with Crippen LogP contribution in [0.4, 0.5) is 4.79 Å². The molecular formula is C8H10BrN3O3. The maximum absolute atomic E-state index is 11.4. The largest absolute Gasteiger partial charge is 0.416 e. The number of aliphatic hydroxyl groups is 1. The van der Waals surface area contributed by atoms with Crippen molar-refractivity contribution in [3.05, 3.63) is 10.7 Å². The predicted octanol–water partition coefficient (Wildman–Crippen LogP) is 0.358. The van der Waals surface area contributed by atoms with Crippen molar-refractivity contribution in [3.8, 4) is 5.88 Å². The molecule has 1 aliphatic heterocycles. The molecule has 1 amide bonds. The van der Waals surface area contributed by atoms with Gasteiger partial charge in [0.2, 0.25) is 5.88 Å². The Bertz CT molecular complexity index is 386. The summed E-state index contributed by atoms with van der Waals surface area (Å²) in [7, 11) is 1.68. The van der Waals surface area contributed by atoms with Crippen LogP contribution in [-0.4, -0.2) is 45.1 Å². The molecule has 2 heterocycles.